The molecule has 0 radical (unpaired) electrons. The molecular weight excluding hydrogens is 568 g/mol. The number of benzene rings is 3. The van der Waals surface area contributed by atoms with Crippen molar-refractivity contribution < 1.29 is 14.3 Å². The Kier molecular flexibility index (Phi) is 10.4. The number of fused-ring (bicyclic) bond motifs is 3. The molecule has 1 amide bonds. The third-order valence-electron chi connectivity index (χ3n) is 8.71. The summed E-state index contributed by atoms with van der Waals surface area (Å²) in [4.78, 5) is 31.3. The van der Waals surface area contributed by atoms with Gasteiger partial charge in [0.15, 0.2) is 11.5 Å². The molecule has 10 heteroatoms. The first-order chi connectivity index (χ1) is 21.7. The van der Waals surface area contributed by atoms with Crippen LogP contribution in [0.25, 0.3) is 27.4 Å². The molecule has 45 heavy (non-hydrogen) atoms. The highest BCUT2D eigenvalue weighted by molar-refractivity contribution is 6.05. The topological polar surface area (TPSA) is 128 Å². The number of morpholine rings is 1. The van der Waals surface area contributed by atoms with Gasteiger partial charge in [-0.15, -0.1) is 0 Å². The van der Waals surface area contributed by atoms with Crippen molar-refractivity contribution in [2.45, 2.75) is 33.6 Å². The number of ether oxygens (including phenoxy) is 2. The minimum absolute atomic E-state index is 0.0672. The minimum atomic E-state index is -0.404. The van der Waals surface area contributed by atoms with Gasteiger partial charge in [0.2, 0.25) is 5.43 Å². The quantitative estimate of drug-likeness (QED) is 0.211. The van der Waals surface area contributed by atoms with Gasteiger partial charge in [-0.25, -0.2) is 0 Å². The van der Waals surface area contributed by atoms with Crippen molar-refractivity contribution in [3.8, 4) is 17.2 Å². The summed E-state index contributed by atoms with van der Waals surface area (Å²) >= 11 is 0. The molecule has 6 rings (SSSR count). The van der Waals surface area contributed by atoms with Crippen LogP contribution in [-0.2, 0) is 4.74 Å². The average molecular weight is 615 g/mol. The van der Waals surface area contributed by atoms with Crippen LogP contribution in [0.1, 0.15) is 41.3 Å². The number of nitrogens with two attached hydrogens (primary N) is 2. The number of hydrogen-bond acceptors (Lipinski definition) is 8. The Morgan fingerprint density at radius 2 is 1.78 bits per heavy atom. The molecule has 3 heterocycles. The molecule has 10 nitrogen and oxygen atoms in total. The maximum atomic E-state index is 13.6. The lowest BCUT2D eigenvalue weighted by atomic mass is 9.98. The summed E-state index contributed by atoms with van der Waals surface area (Å²) in [5.74, 6) is 0.860. The molecule has 2 aliphatic heterocycles. The summed E-state index contributed by atoms with van der Waals surface area (Å²) in [7, 11) is 2.01. The number of carbonyl (C=O) groups is 1. The van der Waals surface area contributed by atoms with Gasteiger partial charge in [-0.05, 0) is 87.4 Å². The zero-order valence-corrected chi connectivity index (χ0v) is 26.9. The molecule has 0 aliphatic carbocycles. The van der Waals surface area contributed by atoms with E-state index in [0.29, 0.717) is 41.2 Å². The van der Waals surface area contributed by atoms with Gasteiger partial charge in [-0.2, -0.15) is 0 Å². The normalized spacial score (nSPS) is 14.2. The van der Waals surface area contributed by atoms with Gasteiger partial charge >= 0.3 is 0 Å². The van der Waals surface area contributed by atoms with E-state index in [4.69, 9.17) is 20.9 Å². The van der Waals surface area contributed by atoms with Crippen LogP contribution >= 0.6 is 0 Å². The summed E-state index contributed by atoms with van der Waals surface area (Å²) in [6, 6.07) is 12.0. The predicted molar refractivity (Wildman–Crippen MR) is 182 cm³/mol. The number of hydrogen-bond donors (Lipinski definition) is 3. The van der Waals surface area contributed by atoms with E-state index in [0.717, 1.165) is 86.4 Å². The smallest absolute Gasteiger partial charge is 0.256 e. The van der Waals surface area contributed by atoms with Gasteiger partial charge in [0.25, 0.3) is 5.91 Å². The van der Waals surface area contributed by atoms with Crippen molar-refractivity contribution in [3.63, 3.8) is 0 Å². The lowest BCUT2D eigenvalue weighted by Gasteiger charge is -2.27. The van der Waals surface area contributed by atoms with Gasteiger partial charge < -0.3 is 35.7 Å². The lowest BCUT2D eigenvalue weighted by molar-refractivity contribution is 0.0377. The molecule has 0 bridgehead atoms. The highest BCUT2D eigenvalue weighted by Gasteiger charge is 2.28. The predicted octanol–water partition coefficient (Wildman–Crippen LogP) is 4.19. The number of nitrogens with zero attached hydrogens (tertiary/aromatic N) is 3. The van der Waals surface area contributed by atoms with Crippen LogP contribution in [0.3, 0.4) is 0 Å². The number of pyridine rings is 1. The Balaban J connectivity index is 0.000000342. The van der Waals surface area contributed by atoms with Gasteiger partial charge in [-0.1, -0.05) is 31.2 Å². The lowest BCUT2D eigenvalue weighted by Crippen LogP contribution is -2.37. The minimum Gasteiger partial charge on any atom is -0.453 e. The molecule has 3 aromatic carbocycles. The summed E-state index contributed by atoms with van der Waals surface area (Å²) in [5.41, 5.74) is 14.9. The van der Waals surface area contributed by atoms with Crippen LogP contribution in [-0.4, -0.2) is 86.3 Å². The number of aromatic nitrogens is 1. The van der Waals surface area contributed by atoms with Gasteiger partial charge in [0.1, 0.15) is 11.1 Å². The molecule has 2 aliphatic rings. The number of rotatable bonds is 9. The molecule has 240 valence electrons. The Hall–Kier alpha value is -3.96. The third-order valence-corrected chi connectivity index (χ3v) is 8.71. The number of amides is 1. The Morgan fingerprint density at radius 3 is 2.47 bits per heavy atom. The van der Waals surface area contributed by atoms with Crippen molar-refractivity contribution in [2.24, 2.45) is 5.73 Å². The van der Waals surface area contributed by atoms with Crippen molar-refractivity contribution in [2.75, 3.05) is 71.8 Å². The van der Waals surface area contributed by atoms with Crippen LogP contribution in [0.2, 0.25) is 0 Å². The Morgan fingerprint density at radius 1 is 1.07 bits per heavy atom. The molecule has 0 atom stereocenters. The molecule has 0 spiro atoms. The fourth-order valence-corrected chi connectivity index (χ4v) is 5.98. The molecule has 4 aromatic rings. The van der Waals surface area contributed by atoms with E-state index in [1.165, 1.54) is 0 Å². The summed E-state index contributed by atoms with van der Waals surface area (Å²) < 4.78 is 13.5. The van der Waals surface area contributed by atoms with Crippen LogP contribution < -0.4 is 26.9 Å². The second-order valence-corrected chi connectivity index (χ2v) is 11.9. The molecule has 0 unspecified atom stereocenters. The highest BCUT2D eigenvalue weighted by Crippen LogP contribution is 2.45. The van der Waals surface area contributed by atoms with E-state index in [-0.39, 0.29) is 11.0 Å². The summed E-state index contributed by atoms with van der Waals surface area (Å²) in [6.45, 7) is 13.9. The second kappa shape index (κ2) is 14.4. The van der Waals surface area contributed by atoms with Gasteiger partial charge in [0.05, 0.1) is 24.3 Å². The van der Waals surface area contributed by atoms with E-state index in [2.05, 4.69) is 22.0 Å². The number of carbonyl (C=O) groups excluding carboxylic acids is 1. The molecule has 1 fully saturated rings. The zero-order valence-electron chi connectivity index (χ0n) is 26.9. The van der Waals surface area contributed by atoms with Crippen molar-refractivity contribution >= 4 is 33.3 Å². The second-order valence-electron chi connectivity index (χ2n) is 11.9. The van der Waals surface area contributed by atoms with Crippen LogP contribution in [0.4, 0.5) is 5.69 Å². The summed E-state index contributed by atoms with van der Waals surface area (Å²) in [5, 5.41) is 5.31. The third kappa shape index (κ3) is 6.84. The maximum Gasteiger partial charge on any atom is 0.256 e. The Labute approximate surface area is 264 Å². The largest absolute Gasteiger partial charge is 0.453 e. The van der Waals surface area contributed by atoms with Gasteiger partial charge in [0, 0.05) is 38.1 Å². The van der Waals surface area contributed by atoms with Crippen LogP contribution in [0.15, 0.2) is 47.4 Å². The van der Waals surface area contributed by atoms with Crippen molar-refractivity contribution in [1.82, 2.24) is 19.7 Å². The first-order valence-corrected chi connectivity index (χ1v) is 15.9. The summed E-state index contributed by atoms with van der Waals surface area (Å²) in [6.07, 6.45) is 3.78. The first kappa shape index (κ1) is 32.4. The average Bonchev–Trinajstić information content (AvgIpc) is 3.05. The van der Waals surface area contributed by atoms with E-state index in [1.54, 1.807) is 6.20 Å². The van der Waals surface area contributed by atoms with Gasteiger partial charge in [-0.3, -0.25) is 14.5 Å². The number of likely N-dealkylation sites (N-methyl/N-ethyl adjacent to an activating group) is 1. The standard InChI is InChI=1S/C28H30N4O3.C7H16N2O/c1-5-11-31(4)12-10-30-28(34)20-15-32-21-13-18-8-6-7-9-19(18)14-22(21)35-27-17(3)16(2)24(29)23(25(27)32)26(20)33;8-2-1-3-9-4-6-10-7-5-9/h6-9,13-15H,5,10-12,29H2,1-4H3,(H,30,34);1-8H2. The fourth-order valence-electron chi connectivity index (χ4n) is 5.98. The Bertz CT molecular complexity index is 1740. The van der Waals surface area contributed by atoms with Crippen molar-refractivity contribution in [3.05, 3.63) is 69.5 Å². The molecule has 1 aromatic heterocycles. The molecule has 5 N–H and O–H groups in total. The number of nitrogen functional groups attached to an aromatic ring is 1. The van der Waals surface area contributed by atoms with E-state index < -0.39 is 5.91 Å². The fraction of sp³-hybridized carbons (Fsp3) is 0.429. The molecular formula is C35H46N6O4. The van der Waals surface area contributed by atoms with E-state index >= 15 is 0 Å². The zero-order chi connectivity index (χ0) is 32.1. The molecule has 0 saturated carbocycles. The first-order valence-electron chi connectivity index (χ1n) is 15.9. The highest BCUT2D eigenvalue weighted by atomic mass is 16.5. The van der Waals surface area contributed by atoms with Crippen molar-refractivity contribution in [1.29, 1.82) is 0 Å². The number of nitrogens with one attached hydrogen (secondary N) is 1. The number of anilines is 1. The van der Waals surface area contributed by atoms with E-state index in [1.807, 2.05) is 61.9 Å². The molecule has 1 saturated heterocycles. The van der Waals surface area contributed by atoms with Crippen LogP contribution in [0, 0.1) is 13.8 Å². The SMILES string of the molecule is CCCN(C)CCNC(=O)c1cn2c3c(c(C)c(C)c(N)c3c1=O)Oc1cc3ccccc3cc1-2.NCCCN1CCOCC1. The van der Waals surface area contributed by atoms with E-state index in [9.17, 15) is 9.59 Å². The van der Waals surface area contributed by atoms with Crippen LogP contribution in [0.5, 0.6) is 11.5 Å². The maximum absolute atomic E-state index is 13.6. The monoisotopic (exact) mass is 614 g/mol.